The van der Waals surface area contributed by atoms with Crippen molar-refractivity contribution in [3.8, 4) is 22.8 Å². The van der Waals surface area contributed by atoms with Crippen LogP contribution >= 0.6 is 39.7 Å². The van der Waals surface area contributed by atoms with Gasteiger partial charge in [0.05, 0.1) is 5.56 Å². The van der Waals surface area contributed by atoms with Crippen molar-refractivity contribution in [1.29, 1.82) is 0 Å². The Morgan fingerprint density at radius 2 is 1.79 bits per heavy atom. The molecule has 0 fully saturated rings. The predicted molar refractivity (Wildman–Crippen MR) is 138 cm³/mol. The van der Waals surface area contributed by atoms with Gasteiger partial charge in [0, 0.05) is 33.1 Å². The fraction of sp³-hybridized carbons (Fsp3) is 0. The lowest BCUT2D eigenvalue weighted by Gasteiger charge is -2.08. The Bertz CT molecular complexity index is 1530. The van der Waals surface area contributed by atoms with E-state index in [4.69, 9.17) is 32.7 Å². The Morgan fingerprint density at radius 3 is 2.59 bits per heavy atom. The zero-order valence-electron chi connectivity index (χ0n) is 17.2. The fourth-order valence-corrected chi connectivity index (χ4v) is 3.92. The van der Waals surface area contributed by atoms with Crippen LogP contribution in [0.1, 0.15) is 10.6 Å². The summed E-state index contributed by atoms with van der Waals surface area (Å²) in [6, 6.07) is 17.6. The number of carbonyl (C=O) groups is 1. The number of amides is 1. The molecule has 3 aromatic heterocycles. The predicted octanol–water partition coefficient (Wildman–Crippen LogP) is 6.69. The van der Waals surface area contributed by atoms with Gasteiger partial charge >= 0.3 is 0 Å². The van der Waals surface area contributed by atoms with Crippen LogP contribution in [0, 0.1) is 0 Å². The van der Waals surface area contributed by atoms with Crippen molar-refractivity contribution in [2.45, 2.75) is 0 Å². The first-order chi connectivity index (χ1) is 16.4. The third-order valence-electron chi connectivity index (χ3n) is 4.78. The maximum atomic E-state index is 12.6. The Kier molecular flexibility index (Phi) is 6.14. The average molecular weight is 554 g/mol. The van der Waals surface area contributed by atoms with Gasteiger partial charge in [-0.15, -0.1) is 0 Å². The third-order valence-corrected chi connectivity index (χ3v) is 5.67. The number of nitrogens with zero attached hydrogens (tertiary/aromatic N) is 2. The van der Waals surface area contributed by atoms with Crippen molar-refractivity contribution < 1.29 is 13.6 Å². The van der Waals surface area contributed by atoms with Crippen LogP contribution in [0.4, 0.5) is 5.69 Å². The number of halogens is 2. The van der Waals surface area contributed by atoms with Gasteiger partial charge < -0.3 is 14.2 Å². The van der Waals surface area contributed by atoms with Crippen molar-refractivity contribution in [1.82, 2.24) is 15.3 Å². The van der Waals surface area contributed by atoms with E-state index in [1.807, 2.05) is 18.2 Å². The largest absolute Gasteiger partial charge is 0.451 e. The molecule has 10 heteroatoms. The lowest BCUT2D eigenvalue weighted by Crippen LogP contribution is -2.33. The van der Waals surface area contributed by atoms with E-state index in [1.54, 1.807) is 54.9 Å². The smallest absolute Gasteiger partial charge is 0.293 e. The highest BCUT2D eigenvalue weighted by atomic mass is 79.9. The Hall–Kier alpha value is -3.53. The van der Waals surface area contributed by atoms with Gasteiger partial charge in [0.25, 0.3) is 5.91 Å². The van der Waals surface area contributed by atoms with E-state index in [2.05, 4.69) is 36.5 Å². The van der Waals surface area contributed by atoms with Crippen LogP contribution in [0.5, 0.6) is 0 Å². The molecular formula is C24H14BrClN4O3S. The highest BCUT2D eigenvalue weighted by molar-refractivity contribution is 9.10. The minimum atomic E-state index is -0.468. The summed E-state index contributed by atoms with van der Waals surface area (Å²) in [4.78, 5) is 21.2. The van der Waals surface area contributed by atoms with Gasteiger partial charge in [-0.25, -0.2) is 4.98 Å². The van der Waals surface area contributed by atoms with Crippen LogP contribution < -0.4 is 10.6 Å². The van der Waals surface area contributed by atoms with Crippen molar-refractivity contribution in [3.05, 3.63) is 88.3 Å². The van der Waals surface area contributed by atoms with E-state index in [9.17, 15) is 4.79 Å². The number of fused-ring (bicyclic) bond motifs is 1. The molecule has 0 aliphatic heterocycles. The van der Waals surface area contributed by atoms with Crippen LogP contribution in [0.2, 0.25) is 5.02 Å². The molecular weight excluding hydrogens is 540 g/mol. The Balaban J connectivity index is 1.26. The molecule has 0 aliphatic rings. The Labute approximate surface area is 212 Å². The SMILES string of the molecule is O=C(NC(=S)Nc1ccc2oc(-c3cncc(Br)c3)nc2c1)c1ccc(-c2ccc(Cl)cc2)o1. The van der Waals surface area contributed by atoms with Crippen LogP contribution in [0.15, 0.2) is 86.4 Å². The minimum Gasteiger partial charge on any atom is -0.451 e. The molecule has 5 rings (SSSR count). The number of carbonyl (C=O) groups excluding carboxylic acids is 1. The summed E-state index contributed by atoms with van der Waals surface area (Å²) < 4.78 is 12.3. The van der Waals surface area contributed by atoms with Crippen LogP contribution in [0.3, 0.4) is 0 Å². The highest BCUT2D eigenvalue weighted by Gasteiger charge is 2.15. The Morgan fingerprint density at radius 1 is 0.971 bits per heavy atom. The summed E-state index contributed by atoms with van der Waals surface area (Å²) in [5.74, 6) is 0.665. The number of rotatable bonds is 4. The molecule has 0 saturated heterocycles. The zero-order valence-corrected chi connectivity index (χ0v) is 20.4. The molecule has 168 valence electrons. The molecule has 0 bridgehead atoms. The number of thiocarbonyl (C=S) groups is 1. The second-order valence-corrected chi connectivity index (χ2v) is 8.93. The summed E-state index contributed by atoms with van der Waals surface area (Å²) >= 11 is 14.6. The molecule has 3 heterocycles. The maximum absolute atomic E-state index is 12.6. The number of aromatic nitrogens is 2. The van der Waals surface area contributed by atoms with Crippen molar-refractivity contribution in [2.75, 3.05) is 5.32 Å². The van der Waals surface area contributed by atoms with Gasteiger partial charge in [0.2, 0.25) is 5.89 Å². The van der Waals surface area contributed by atoms with Gasteiger partial charge in [-0.2, -0.15) is 0 Å². The second-order valence-electron chi connectivity index (χ2n) is 7.17. The molecule has 0 unspecified atom stereocenters. The number of hydrogen-bond donors (Lipinski definition) is 2. The molecule has 2 N–H and O–H groups in total. The molecule has 5 aromatic rings. The first-order valence-corrected chi connectivity index (χ1v) is 11.5. The van der Waals surface area contributed by atoms with E-state index >= 15 is 0 Å². The fourth-order valence-electron chi connectivity index (χ4n) is 3.21. The number of hydrogen-bond acceptors (Lipinski definition) is 6. The molecule has 0 radical (unpaired) electrons. The molecule has 0 spiro atoms. The maximum Gasteiger partial charge on any atom is 0.293 e. The van der Waals surface area contributed by atoms with Crippen molar-refractivity contribution in [2.24, 2.45) is 0 Å². The monoisotopic (exact) mass is 552 g/mol. The molecule has 0 atom stereocenters. The van der Waals surface area contributed by atoms with Crippen LogP contribution in [0.25, 0.3) is 33.9 Å². The van der Waals surface area contributed by atoms with Gasteiger partial charge in [-0.05, 0) is 88.8 Å². The average Bonchev–Trinajstić information content (AvgIpc) is 3.47. The number of pyridine rings is 1. The number of benzene rings is 2. The summed E-state index contributed by atoms with van der Waals surface area (Å²) in [5, 5.41) is 6.33. The molecule has 0 aliphatic carbocycles. The van der Waals surface area contributed by atoms with Crippen LogP contribution in [-0.2, 0) is 0 Å². The summed E-state index contributed by atoms with van der Waals surface area (Å²) in [6.07, 6.45) is 3.36. The lowest BCUT2D eigenvalue weighted by molar-refractivity contribution is 0.0951. The molecule has 0 saturated carbocycles. The number of furan rings is 1. The molecule has 1 amide bonds. The molecule has 34 heavy (non-hydrogen) atoms. The van der Waals surface area contributed by atoms with Crippen molar-refractivity contribution in [3.63, 3.8) is 0 Å². The summed E-state index contributed by atoms with van der Waals surface area (Å²) in [6.45, 7) is 0. The molecule has 2 aromatic carbocycles. The number of oxazole rings is 1. The zero-order chi connectivity index (χ0) is 23.7. The van der Waals surface area contributed by atoms with E-state index < -0.39 is 5.91 Å². The molecule has 7 nitrogen and oxygen atoms in total. The van der Waals surface area contributed by atoms with E-state index in [0.717, 1.165) is 15.6 Å². The highest BCUT2D eigenvalue weighted by Crippen LogP contribution is 2.27. The third kappa shape index (κ3) is 4.86. The number of anilines is 1. The van der Waals surface area contributed by atoms with Crippen molar-refractivity contribution >= 4 is 67.6 Å². The van der Waals surface area contributed by atoms with Gasteiger partial charge in [0.1, 0.15) is 11.3 Å². The van der Waals surface area contributed by atoms with E-state index in [1.165, 1.54) is 0 Å². The van der Waals surface area contributed by atoms with Gasteiger partial charge in [0.15, 0.2) is 16.5 Å². The second kappa shape index (κ2) is 9.38. The topological polar surface area (TPSA) is 93.2 Å². The standard InChI is InChI=1S/C24H14BrClN4O3S/c25-15-9-14(11-27-12-15)23-29-18-10-17(5-6-20(18)33-23)28-24(34)30-22(31)21-8-7-19(32-21)13-1-3-16(26)4-2-13/h1-12H,(H2,28,30,31,34). The summed E-state index contributed by atoms with van der Waals surface area (Å²) in [5.41, 5.74) is 3.45. The van der Waals surface area contributed by atoms with Crippen LogP contribution in [-0.4, -0.2) is 21.0 Å². The van der Waals surface area contributed by atoms with E-state index in [0.29, 0.717) is 33.5 Å². The summed E-state index contributed by atoms with van der Waals surface area (Å²) in [7, 11) is 0. The van der Waals surface area contributed by atoms with E-state index in [-0.39, 0.29) is 10.9 Å². The quantitative estimate of drug-likeness (QED) is 0.239. The first-order valence-electron chi connectivity index (χ1n) is 9.94. The minimum absolute atomic E-state index is 0.119. The lowest BCUT2D eigenvalue weighted by atomic mass is 10.2. The normalized spacial score (nSPS) is 10.9. The van der Waals surface area contributed by atoms with Gasteiger partial charge in [-0.1, -0.05) is 11.6 Å². The van der Waals surface area contributed by atoms with Gasteiger partial charge in [-0.3, -0.25) is 15.1 Å². The number of nitrogens with one attached hydrogen (secondary N) is 2. The first kappa shape index (κ1) is 22.3.